The molecule has 13 heteroatoms. The summed E-state index contributed by atoms with van der Waals surface area (Å²) < 4.78 is 12.0. The van der Waals surface area contributed by atoms with Crippen molar-refractivity contribution in [3.05, 3.63) is 120 Å². The molecule has 0 bridgehead atoms. The summed E-state index contributed by atoms with van der Waals surface area (Å²) in [5, 5.41) is 23.8. The fourth-order valence-corrected chi connectivity index (χ4v) is 8.31. The van der Waals surface area contributed by atoms with Crippen molar-refractivity contribution in [1.82, 2.24) is 31.0 Å². The first kappa shape index (κ1) is 31.4. The highest BCUT2D eigenvalue weighted by molar-refractivity contribution is 7.00. The van der Waals surface area contributed by atoms with Gasteiger partial charge >= 0.3 is 0 Å². The molecule has 0 radical (unpaired) electrons. The van der Waals surface area contributed by atoms with Crippen molar-refractivity contribution in [2.75, 3.05) is 0 Å². The molecule has 6 aromatic rings. The Kier molecular flexibility index (Phi) is 7.53. The Morgan fingerprint density at radius 2 is 0.706 bits per heavy atom. The third-order valence-electron chi connectivity index (χ3n) is 8.96. The highest BCUT2D eigenvalue weighted by Crippen LogP contribution is 2.28. The maximum absolute atomic E-state index is 12.0. The van der Waals surface area contributed by atoms with Gasteiger partial charge in [0.05, 0.1) is 11.1 Å². The minimum atomic E-state index is -2.09. The molecule has 2 aliphatic heterocycles. The molecule has 2 aromatic heterocycles. The van der Waals surface area contributed by atoms with Crippen LogP contribution in [0.1, 0.15) is 11.1 Å². The van der Waals surface area contributed by atoms with E-state index in [-0.39, 0.29) is 0 Å². The van der Waals surface area contributed by atoms with Gasteiger partial charge in [-0.15, -0.1) is 20.4 Å². The molecule has 4 heterocycles. The standard InChI is InChI=1S/C38H26N6O6Si/c1-51(2,27-15-11-25(12-16-27)37-43-41-35(49-37)23-7-3-21(4-8-23)29-19-31(45)39-33(29)47)28-17-13-26(14-18-28)38-44-42-36(50-38)24-9-5-22(6-10-24)30-20-32(46)40-34(30)48/h3-20H,1-2H3,(H,39,45,47)(H,40,46,48). The van der Waals surface area contributed by atoms with Crippen LogP contribution in [0.15, 0.2) is 118 Å². The molecule has 248 valence electrons. The normalized spacial score (nSPS) is 14.4. The van der Waals surface area contributed by atoms with Crippen molar-refractivity contribution < 1.29 is 28.0 Å². The van der Waals surface area contributed by atoms with Gasteiger partial charge in [0.1, 0.15) is 8.07 Å². The van der Waals surface area contributed by atoms with Gasteiger partial charge < -0.3 is 8.83 Å². The second-order valence-electron chi connectivity index (χ2n) is 12.5. The molecule has 0 saturated carbocycles. The minimum absolute atomic E-state index is 0.318. The minimum Gasteiger partial charge on any atom is -0.416 e. The number of amides is 4. The van der Waals surface area contributed by atoms with Gasteiger partial charge in [-0.25, -0.2) is 0 Å². The maximum atomic E-state index is 12.0. The molecule has 51 heavy (non-hydrogen) atoms. The third kappa shape index (κ3) is 5.91. The van der Waals surface area contributed by atoms with Crippen molar-refractivity contribution in [2.45, 2.75) is 13.1 Å². The Bertz CT molecular complexity index is 2270. The molecule has 0 spiro atoms. The number of carbonyl (C=O) groups is 4. The Labute approximate surface area is 291 Å². The smallest absolute Gasteiger partial charge is 0.258 e. The number of hydrogen-bond donors (Lipinski definition) is 2. The summed E-state index contributed by atoms with van der Waals surface area (Å²) in [5.74, 6) is -0.237. The van der Waals surface area contributed by atoms with E-state index >= 15 is 0 Å². The fraction of sp³-hybridized carbons (Fsp3) is 0.0526. The van der Waals surface area contributed by atoms with Crippen LogP contribution in [0.2, 0.25) is 13.1 Å². The molecule has 0 unspecified atom stereocenters. The lowest BCUT2D eigenvalue weighted by Crippen LogP contribution is -2.52. The van der Waals surface area contributed by atoms with Crippen LogP contribution in [-0.2, 0) is 19.2 Å². The van der Waals surface area contributed by atoms with E-state index in [1.165, 1.54) is 22.5 Å². The molecule has 12 nitrogen and oxygen atoms in total. The summed E-state index contributed by atoms with van der Waals surface area (Å²) in [4.78, 5) is 46.9. The Hall–Kier alpha value is -6.86. The number of nitrogens with zero attached hydrogens (tertiary/aromatic N) is 4. The van der Waals surface area contributed by atoms with Crippen molar-refractivity contribution >= 4 is 53.2 Å². The number of imide groups is 2. The lowest BCUT2D eigenvalue weighted by atomic mass is 10.0. The summed E-state index contributed by atoms with van der Waals surface area (Å²) in [6, 6.07) is 30.3. The van der Waals surface area contributed by atoms with Crippen molar-refractivity contribution in [1.29, 1.82) is 0 Å². The third-order valence-corrected chi connectivity index (χ3v) is 12.5. The van der Waals surface area contributed by atoms with Crippen LogP contribution in [0.25, 0.3) is 57.0 Å². The number of benzene rings is 4. The van der Waals surface area contributed by atoms with Crippen molar-refractivity contribution in [2.24, 2.45) is 0 Å². The predicted octanol–water partition coefficient (Wildman–Crippen LogP) is 4.02. The van der Waals surface area contributed by atoms with Gasteiger partial charge in [-0.05, 0) is 59.7 Å². The SMILES string of the molecule is C[Si](C)(c1ccc(-c2nnc(-c3ccc(C4=CC(=O)NC4=O)cc3)o2)cc1)c1ccc(-c2nnc(-c3ccc(C4=CC(=O)NC4=O)cc3)o2)cc1. The number of rotatable bonds is 8. The monoisotopic (exact) mass is 690 g/mol. The molecule has 0 atom stereocenters. The molecule has 2 N–H and O–H groups in total. The zero-order valence-corrected chi connectivity index (χ0v) is 28.1. The largest absolute Gasteiger partial charge is 0.416 e. The first-order valence-electron chi connectivity index (χ1n) is 15.9. The fourth-order valence-electron chi connectivity index (χ4n) is 5.98. The molecule has 0 saturated heterocycles. The van der Waals surface area contributed by atoms with Gasteiger partial charge in [-0.3, -0.25) is 29.8 Å². The molecule has 2 aliphatic rings. The number of carbonyl (C=O) groups excluding carboxylic acids is 4. The lowest BCUT2D eigenvalue weighted by molar-refractivity contribution is -0.124. The highest BCUT2D eigenvalue weighted by Gasteiger charge is 2.27. The van der Waals surface area contributed by atoms with Crippen LogP contribution in [0.4, 0.5) is 0 Å². The summed E-state index contributed by atoms with van der Waals surface area (Å²) >= 11 is 0. The van der Waals surface area contributed by atoms with E-state index < -0.39 is 31.7 Å². The second-order valence-corrected chi connectivity index (χ2v) is 16.9. The van der Waals surface area contributed by atoms with Crippen LogP contribution in [0.3, 0.4) is 0 Å². The van der Waals surface area contributed by atoms with Crippen LogP contribution < -0.4 is 21.0 Å². The zero-order chi connectivity index (χ0) is 35.3. The van der Waals surface area contributed by atoms with E-state index in [0.29, 0.717) is 57.0 Å². The summed E-state index contributed by atoms with van der Waals surface area (Å²) in [6.07, 6.45) is 2.57. The second kappa shape index (κ2) is 12.2. The molecule has 4 aromatic carbocycles. The van der Waals surface area contributed by atoms with Gasteiger partial charge in [0.15, 0.2) is 0 Å². The average Bonchev–Trinajstić information content (AvgIpc) is 3.96. The number of hydrogen-bond acceptors (Lipinski definition) is 10. The van der Waals surface area contributed by atoms with Gasteiger partial charge in [-0.1, -0.05) is 72.0 Å². The van der Waals surface area contributed by atoms with Gasteiger partial charge in [0.2, 0.25) is 23.6 Å². The first-order chi connectivity index (χ1) is 24.6. The highest BCUT2D eigenvalue weighted by atomic mass is 28.3. The Morgan fingerprint density at radius 1 is 0.431 bits per heavy atom. The van der Waals surface area contributed by atoms with E-state index in [1.54, 1.807) is 48.5 Å². The molecule has 8 rings (SSSR count). The van der Waals surface area contributed by atoms with E-state index in [4.69, 9.17) is 8.83 Å². The molecular formula is C38H26N6O6Si. The molecular weight excluding hydrogens is 665 g/mol. The summed E-state index contributed by atoms with van der Waals surface area (Å²) in [7, 11) is -2.09. The first-order valence-corrected chi connectivity index (χ1v) is 18.9. The van der Waals surface area contributed by atoms with E-state index in [9.17, 15) is 19.2 Å². The molecule has 0 aliphatic carbocycles. The lowest BCUT2D eigenvalue weighted by Gasteiger charge is -2.24. The van der Waals surface area contributed by atoms with Gasteiger partial charge in [-0.2, -0.15) is 0 Å². The number of aromatic nitrogens is 4. The van der Waals surface area contributed by atoms with Crippen molar-refractivity contribution in [3.8, 4) is 45.8 Å². The van der Waals surface area contributed by atoms with E-state index in [0.717, 1.165) is 11.1 Å². The predicted molar refractivity (Wildman–Crippen MR) is 189 cm³/mol. The maximum Gasteiger partial charge on any atom is 0.258 e. The summed E-state index contributed by atoms with van der Waals surface area (Å²) in [5.41, 5.74) is 4.84. The van der Waals surface area contributed by atoms with Gasteiger partial charge in [0.25, 0.3) is 23.6 Å². The van der Waals surface area contributed by atoms with Gasteiger partial charge in [0, 0.05) is 34.4 Å². The quantitative estimate of drug-likeness (QED) is 0.176. The van der Waals surface area contributed by atoms with E-state index in [1.807, 2.05) is 24.3 Å². The molecule has 4 amide bonds. The van der Waals surface area contributed by atoms with Crippen LogP contribution >= 0.6 is 0 Å². The van der Waals surface area contributed by atoms with Crippen LogP contribution in [0, 0.1) is 0 Å². The van der Waals surface area contributed by atoms with Crippen LogP contribution in [-0.4, -0.2) is 52.1 Å². The summed E-state index contributed by atoms with van der Waals surface area (Å²) in [6.45, 7) is 4.56. The topological polar surface area (TPSA) is 170 Å². The Morgan fingerprint density at radius 3 is 0.980 bits per heavy atom. The average molecular weight is 691 g/mol. The Balaban J connectivity index is 0.942. The van der Waals surface area contributed by atoms with E-state index in [2.05, 4.69) is 68.4 Å². The number of nitrogens with one attached hydrogen (secondary N) is 2. The zero-order valence-electron chi connectivity index (χ0n) is 27.1. The van der Waals surface area contributed by atoms with Crippen LogP contribution in [0.5, 0.6) is 0 Å². The van der Waals surface area contributed by atoms with Crippen molar-refractivity contribution in [3.63, 3.8) is 0 Å². The molecule has 0 fully saturated rings.